The second kappa shape index (κ2) is 3.05. The second-order valence-corrected chi connectivity index (χ2v) is 6.52. The van der Waals surface area contributed by atoms with Gasteiger partial charge in [-0.3, -0.25) is 4.57 Å². The molecule has 0 amide bonds. The molecule has 0 aromatic carbocycles. The third-order valence-corrected chi connectivity index (χ3v) is 6.15. The molecule has 0 radical (unpaired) electrons. The van der Waals surface area contributed by atoms with E-state index in [4.69, 9.17) is 14.8 Å². The van der Waals surface area contributed by atoms with Gasteiger partial charge in [0.05, 0.1) is 13.2 Å². The van der Waals surface area contributed by atoms with Crippen LogP contribution in [-0.2, 0) is 13.6 Å². The maximum absolute atomic E-state index is 12.4. The van der Waals surface area contributed by atoms with E-state index in [-0.39, 0.29) is 5.41 Å². The molecule has 4 nitrogen and oxygen atoms in total. The van der Waals surface area contributed by atoms with E-state index < -0.39 is 12.9 Å². The fraction of sp³-hybridized carbons (Fsp3) is 1.00. The molecule has 0 aliphatic heterocycles. The van der Waals surface area contributed by atoms with Gasteiger partial charge in [-0.2, -0.15) is 0 Å². The van der Waals surface area contributed by atoms with E-state index >= 15 is 0 Å². The summed E-state index contributed by atoms with van der Waals surface area (Å²) in [6, 6.07) is 0. The Kier molecular flexibility index (Phi) is 2.31. The normalized spacial score (nSPS) is 33.4. The summed E-state index contributed by atoms with van der Waals surface area (Å²) in [5.41, 5.74) is 6.23. The Morgan fingerprint density at radius 1 is 1.29 bits per heavy atom. The van der Waals surface area contributed by atoms with Crippen LogP contribution < -0.4 is 5.73 Å². The molecule has 2 saturated carbocycles. The minimum Gasteiger partial charge on any atom is -0.315 e. The number of rotatable bonds is 5. The first-order chi connectivity index (χ1) is 6.54. The topological polar surface area (TPSA) is 61.5 Å². The van der Waals surface area contributed by atoms with Crippen molar-refractivity contribution >= 4 is 7.60 Å². The van der Waals surface area contributed by atoms with Gasteiger partial charge in [0, 0.05) is 5.41 Å². The lowest BCUT2D eigenvalue weighted by Gasteiger charge is -2.23. The Morgan fingerprint density at radius 3 is 2.07 bits per heavy atom. The third-order valence-electron chi connectivity index (χ3n) is 3.34. The molecule has 2 aliphatic rings. The van der Waals surface area contributed by atoms with Gasteiger partial charge in [0.1, 0.15) is 5.28 Å². The van der Waals surface area contributed by atoms with Gasteiger partial charge in [-0.25, -0.2) is 0 Å². The van der Waals surface area contributed by atoms with Crippen LogP contribution in [0.25, 0.3) is 0 Å². The Hall–Kier alpha value is 0.110. The Morgan fingerprint density at radius 2 is 1.79 bits per heavy atom. The van der Waals surface area contributed by atoms with E-state index in [1.165, 1.54) is 0 Å². The number of hydrogen-bond donors (Lipinski definition) is 1. The first kappa shape index (κ1) is 10.6. The minimum atomic E-state index is -3.07. The van der Waals surface area contributed by atoms with Crippen molar-refractivity contribution in [1.29, 1.82) is 0 Å². The van der Waals surface area contributed by atoms with Crippen LogP contribution in [0.1, 0.15) is 33.1 Å². The van der Waals surface area contributed by atoms with Crippen molar-refractivity contribution in [1.82, 2.24) is 0 Å². The van der Waals surface area contributed by atoms with Crippen molar-refractivity contribution in [2.24, 2.45) is 11.1 Å². The van der Waals surface area contributed by atoms with Crippen LogP contribution in [0.5, 0.6) is 0 Å². The first-order valence-electron chi connectivity index (χ1n) is 5.22. The van der Waals surface area contributed by atoms with Crippen molar-refractivity contribution in [2.45, 2.75) is 38.4 Å². The number of hydrogen-bond acceptors (Lipinski definition) is 4. The molecule has 0 saturated heterocycles. The van der Waals surface area contributed by atoms with E-state index in [9.17, 15) is 4.57 Å². The smallest absolute Gasteiger partial charge is 0.315 e. The second-order valence-electron chi connectivity index (χ2n) is 4.21. The lowest BCUT2D eigenvalue weighted by atomic mass is 10.4. The average molecular weight is 219 g/mol. The SMILES string of the molecule is CCOP(=O)(OCC)C1(N)CC12CC2. The van der Waals surface area contributed by atoms with Gasteiger partial charge in [0.15, 0.2) is 0 Å². The molecule has 5 heteroatoms. The van der Waals surface area contributed by atoms with Gasteiger partial charge >= 0.3 is 7.60 Å². The first-order valence-corrected chi connectivity index (χ1v) is 6.76. The van der Waals surface area contributed by atoms with Crippen LogP contribution in [0.4, 0.5) is 0 Å². The molecular weight excluding hydrogens is 201 g/mol. The monoisotopic (exact) mass is 219 g/mol. The largest absolute Gasteiger partial charge is 0.350 e. The fourth-order valence-electron chi connectivity index (χ4n) is 2.23. The standard InChI is InChI=1S/C9H18NO3P/c1-3-12-14(11,13-4-2)9(10)7-8(9)5-6-8/h3-7,10H2,1-2H3. The molecule has 0 bridgehead atoms. The highest BCUT2D eigenvalue weighted by Crippen LogP contribution is 2.85. The van der Waals surface area contributed by atoms with Gasteiger partial charge in [0.25, 0.3) is 0 Å². The fourth-order valence-corrected chi connectivity index (χ4v) is 4.74. The zero-order chi connectivity index (χ0) is 10.4. The molecular formula is C9H18NO3P. The zero-order valence-electron chi connectivity index (χ0n) is 8.78. The molecule has 1 spiro atoms. The van der Waals surface area contributed by atoms with E-state index in [2.05, 4.69) is 0 Å². The number of nitrogens with two attached hydrogens (primary N) is 1. The van der Waals surface area contributed by atoms with Crippen LogP contribution in [-0.4, -0.2) is 18.5 Å². The predicted molar refractivity (Wildman–Crippen MR) is 54.1 cm³/mol. The average Bonchev–Trinajstić information content (AvgIpc) is 2.96. The maximum atomic E-state index is 12.4. The van der Waals surface area contributed by atoms with Gasteiger partial charge in [-0.05, 0) is 33.1 Å². The van der Waals surface area contributed by atoms with Crippen molar-refractivity contribution in [3.8, 4) is 0 Å². The van der Waals surface area contributed by atoms with E-state index in [1.54, 1.807) is 0 Å². The van der Waals surface area contributed by atoms with E-state index in [0.717, 1.165) is 19.3 Å². The van der Waals surface area contributed by atoms with Gasteiger partial charge < -0.3 is 14.8 Å². The van der Waals surface area contributed by atoms with Crippen molar-refractivity contribution < 1.29 is 13.6 Å². The maximum Gasteiger partial charge on any atom is 0.350 e. The Bertz CT molecular complexity index is 280. The molecule has 2 N–H and O–H groups in total. The lowest BCUT2D eigenvalue weighted by molar-refractivity contribution is 0.207. The van der Waals surface area contributed by atoms with Crippen LogP contribution in [0.15, 0.2) is 0 Å². The van der Waals surface area contributed by atoms with Crippen molar-refractivity contribution in [3.05, 3.63) is 0 Å². The molecule has 14 heavy (non-hydrogen) atoms. The molecule has 82 valence electrons. The van der Waals surface area contributed by atoms with Crippen LogP contribution >= 0.6 is 7.60 Å². The van der Waals surface area contributed by atoms with Crippen LogP contribution in [0, 0.1) is 5.41 Å². The zero-order valence-corrected chi connectivity index (χ0v) is 9.68. The quantitative estimate of drug-likeness (QED) is 0.719. The summed E-state index contributed by atoms with van der Waals surface area (Å²) in [4.78, 5) is 0. The molecule has 0 aromatic heterocycles. The van der Waals surface area contributed by atoms with Crippen molar-refractivity contribution in [2.75, 3.05) is 13.2 Å². The molecule has 0 aromatic rings. The lowest BCUT2D eigenvalue weighted by Crippen LogP contribution is -2.28. The third kappa shape index (κ3) is 1.21. The molecule has 2 rings (SSSR count). The highest BCUT2D eigenvalue weighted by Gasteiger charge is 2.81. The molecule has 0 heterocycles. The summed E-state index contributed by atoms with van der Waals surface area (Å²) in [5, 5.41) is -0.675. The highest BCUT2D eigenvalue weighted by atomic mass is 31.2. The Balaban J connectivity index is 2.15. The summed E-state index contributed by atoms with van der Waals surface area (Å²) in [7, 11) is -3.07. The van der Waals surface area contributed by atoms with E-state index in [0.29, 0.717) is 13.2 Å². The molecule has 2 fully saturated rings. The molecule has 2 aliphatic carbocycles. The van der Waals surface area contributed by atoms with Crippen LogP contribution in [0.2, 0.25) is 0 Å². The summed E-state index contributed by atoms with van der Waals surface area (Å²) in [6.07, 6.45) is 2.96. The summed E-state index contributed by atoms with van der Waals surface area (Å²) in [6.45, 7) is 4.42. The summed E-state index contributed by atoms with van der Waals surface area (Å²) in [5.74, 6) is 0. The molecule has 1 atom stereocenters. The van der Waals surface area contributed by atoms with Gasteiger partial charge in [0.2, 0.25) is 0 Å². The highest BCUT2D eigenvalue weighted by molar-refractivity contribution is 7.56. The summed E-state index contributed by atoms with van der Waals surface area (Å²) < 4.78 is 22.9. The van der Waals surface area contributed by atoms with Crippen molar-refractivity contribution in [3.63, 3.8) is 0 Å². The Labute approximate surface area is 84.7 Å². The van der Waals surface area contributed by atoms with E-state index in [1.807, 2.05) is 13.8 Å². The summed E-state index contributed by atoms with van der Waals surface area (Å²) >= 11 is 0. The van der Waals surface area contributed by atoms with Gasteiger partial charge in [-0.1, -0.05) is 0 Å². The van der Waals surface area contributed by atoms with Crippen LogP contribution in [0.3, 0.4) is 0 Å². The van der Waals surface area contributed by atoms with Gasteiger partial charge in [-0.15, -0.1) is 0 Å². The molecule has 1 unspecified atom stereocenters. The minimum absolute atomic E-state index is 0.104. The predicted octanol–water partition coefficient (Wildman–Crippen LogP) is 2.09.